The van der Waals surface area contributed by atoms with E-state index in [1.54, 1.807) is 25.3 Å². The van der Waals surface area contributed by atoms with Gasteiger partial charge in [-0.25, -0.2) is 13.1 Å². The minimum Gasteiger partial charge on any atom is -0.496 e. The van der Waals surface area contributed by atoms with Crippen molar-refractivity contribution in [2.45, 2.75) is 36.6 Å². The van der Waals surface area contributed by atoms with Gasteiger partial charge in [-0.2, -0.15) is 0 Å². The van der Waals surface area contributed by atoms with Crippen molar-refractivity contribution in [1.82, 2.24) is 4.72 Å². The lowest BCUT2D eigenvalue weighted by molar-refractivity contribution is 0.390. The van der Waals surface area contributed by atoms with E-state index in [9.17, 15) is 8.42 Å². The minimum atomic E-state index is -3.42. The Hall–Kier alpha value is -0.340. The largest absolute Gasteiger partial charge is 0.496 e. The highest BCUT2D eigenvalue weighted by molar-refractivity contribution is 14.1. The van der Waals surface area contributed by atoms with Gasteiger partial charge in [0.15, 0.2) is 0 Å². The summed E-state index contributed by atoms with van der Waals surface area (Å²) >= 11 is 2.09. The lowest BCUT2D eigenvalue weighted by Crippen LogP contribution is -2.38. The number of ether oxygens (including phenoxy) is 1. The molecule has 0 aliphatic heterocycles. The quantitative estimate of drug-likeness (QED) is 0.782. The molecule has 0 aromatic heterocycles. The van der Waals surface area contributed by atoms with Crippen LogP contribution in [0.25, 0.3) is 0 Å². The van der Waals surface area contributed by atoms with Gasteiger partial charge in [-0.1, -0.05) is 6.42 Å². The molecule has 0 saturated heterocycles. The van der Waals surface area contributed by atoms with Gasteiger partial charge >= 0.3 is 0 Å². The Morgan fingerprint density at radius 1 is 1.30 bits per heavy atom. The van der Waals surface area contributed by atoms with Crippen molar-refractivity contribution < 1.29 is 13.2 Å². The molecule has 6 heteroatoms. The van der Waals surface area contributed by atoms with E-state index in [1.807, 2.05) is 0 Å². The van der Waals surface area contributed by atoms with Crippen LogP contribution in [0.2, 0.25) is 0 Å². The molecule has 4 nitrogen and oxygen atoms in total. The van der Waals surface area contributed by atoms with Crippen LogP contribution in [-0.2, 0) is 10.0 Å². The number of hydrogen-bond donors (Lipinski definition) is 1. The molecule has 2 fully saturated rings. The summed E-state index contributed by atoms with van der Waals surface area (Å²) in [6, 6.07) is 5.10. The molecule has 2 aliphatic carbocycles. The highest BCUT2D eigenvalue weighted by atomic mass is 127. The standard InChI is InChI=1S/C14H18INO3S/c1-19-14-5-4-11(8-12(14)15)20(17,18)16-13-7-9-2-3-10(13)6-9/h4-5,8-10,13,16H,2-3,6-7H2,1H3/t9-,10-,13-/m1/s1. The lowest BCUT2D eigenvalue weighted by atomic mass is 9.96. The highest BCUT2D eigenvalue weighted by Gasteiger charge is 2.41. The van der Waals surface area contributed by atoms with E-state index < -0.39 is 10.0 Å². The topological polar surface area (TPSA) is 55.4 Å². The molecule has 2 bridgehead atoms. The summed E-state index contributed by atoms with van der Waals surface area (Å²) in [7, 11) is -1.84. The Morgan fingerprint density at radius 3 is 2.65 bits per heavy atom. The Bertz CT molecular complexity index is 617. The van der Waals surface area contributed by atoms with Crippen LogP contribution in [0, 0.1) is 15.4 Å². The van der Waals surface area contributed by atoms with Gasteiger partial charge in [0.2, 0.25) is 10.0 Å². The summed E-state index contributed by atoms with van der Waals surface area (Å²) in [5, 5.41) is 0. The van der Waals surface area contributed by atoms with Crippen LogP contribution in [0.15, 0.2) is 23.1 Å². The Kier molecular flexibility index (Phi) is 3.98. The Morgan fingerprint density at radius 2 is 2.10 bits per heavy atom. The molecular formula is C14H18INO3S. The van der Waals surface area contributed by atoms with Crippen LogP contribution < -0.4 is 9.46 Å². The molecule has 1 aromatic carbocycles. The number of halogens is 1. The van der Waals surface area contributed by atoms with Crippen LogP contribution in [0.3, 0.4) is 0 Å². The zero-order valence-corrected chi connectivity index (χ0v) is 14.3. The number of hydrogen-bond acceptors (Lipinski definition) is 3. The van der Waals surface area contributed by atoms with E-state index in [4.69, 9.17) is 4.74 Å². The molecule has 0 radical (unpaired) electrons. The van der Waals surface area contributed by atoms with Crippen LogP contribution in [0.1, 0.15) is 25.7 Å². The molecule has 3 rings (SSSR count). The monoisotopic (exact) mass is 407 g/mol. The van der Waals surface area contributed by atoms with Crippen molar-refractivity contribution in [1.29, 1.82) is 0 Å². The van der Waals surface area contributed by atoms with E-state index in [0.29, 0.717) is 16.6 Å². The average molecular weight is 407 g/mol. The summed E-state index contributed by atoms with van der Waals surface area (Å²) in [4.78, 5) is 0.325. The van der Waals surface area contributed by atoms with Gasteiger partial charge in [0.25, 0.3) is 0 Å². The van der Waals surface area contributed by atoms with Crippen LogP contribution in [-0.4, -0.2) is 21.6 Å². The van der Waals surface area contributed by atoms with Gasteiger partial charge in [-0.05, 0) is 71.9 Å². The molecule has 0 spiro atoms. The third kappa shape index (κ3) is 2.69. The van der Waals surface area contributed by atoms with Crippen molar-refractivity contribution in [2.24, 2.45) is 11.8 Å². The zero-order valence-electron chi connectivity index (χ0n) is 11.3. The first-order valence-electron chi connectivity index (χ1n) is 6.85. The van der Waals surface area contributed by atoms with Gasteiger partial charge in [0.1, 0.15) is 5.75 Å². The van der Waals surface area contributed by atoms with Crippen molar-refractivity contribution in [3.8, 4) is 5.75 Å². The van der Waals surface area contributed by atoms with Crippen LogP contribution >= 0.6 is 22.6 Å². The smallest absolute Gasteiger partial charge is 0.240 e. The molecule has 0 unspecified atom stereocenters. The Labute approximate surface area is 133 Å². The summed E-state index contributed by atoms with van der Waals surface area (Å²) in [5.74, 6) is 1.96. The number of benzene rings is 1. The van der Waals surface area contributed by atoms with Gasteiger partial charge in [0.05, 0.1) is 15.6 Å². The molecule has 2 aliphatic rings. The molecule has 1 aromatic rings. The summed E-state index contributed by atoms with van der Waals surface area (Å²) < 4.78 is 33.8. The van der Waals surface area contributed by atoms with Crippen LogP contribution in [0.4, 0.5) is 0 Å². The SMILES string of the molecule is COc1ccc(S(=O)(=O)N[C@@H]2C[C@@H]3CC[C@@H]2C3)cc1I. The fourth-order valence-corrected chi connectivity index (χ4v) is 5.76. The van der Waals surface area contributed by atoms with Crippen LogP contribution in [0.5, 0.6) is 5.75 Å². The number of sulfonamides is 1. The fourth-order valence-electron chi connectivity index (χ4n) is 3.47. The average Bonchev–Trinajstić information content (AvgIpc) is 3.00. The Balaban J connectivity index is 1.79. The molecule has 0 heterocycles. The zero-order chi connectivity index (χ0) is 14.3. The van der Waals surface area contributed by atoms with Crippen molar-refractivity contribution in [3.63, 3.8) is 0 Å². The van der Waals surface area contributed by atoms with E-state index in [2.05, 4.69) is 27.3 Å². The predicted octanol–water partition coefficient (Wildman–Crippen LogP) is 2.77. The second kappa shape index (κ2) is 5.46. The summed E-state index contributed by atoms with van der Waals surface area (Å²) in [6.07, 6.45) is 4.62. The molecule has 1 N–H and O–H groups in total. The number of fused-ring (bicyclic) bond motifs is 2. The van der Waals surface area contributed by atoms with E-state index in [0.717, 1.165) is 22.3 Å². The third-order valence-electron chi connectivity index (χ3n) is 4.48. The molecule has 20 heavy (non-hydrogen) atoms. The first kappa shape index (κ1) is 14.6. The molecule has 2 saturated carbocycles. The second-order valence-corrected chi connectivity index (χ2v) is 8.58. The fraction of sp³-hybridized carbons (Fsp3) is 0.571. The van der Waals surface area contributed by atoms with Crippen molar-refractivity contribution in [2.75, 3.05) is 7.11 Å². The van der Waals surface area contributed by atoms with E-state index >= 15 is 0 Å². The first-order valence-corrected chi connectivity index (χ1v) is 9.41. The van der Waals surface area contributed by atoms with Gasteiger partial charge in [0, 0.05) is 6.04 Å². The predicted molar refractivity (Wildman–Crippen MR) is 85.3 cm³/mol. The molecule has 0 amide bonds. The second-order valence-electron chi connectivity index (χ2n) is 5.70. The number of nitrogens with one attached hydrogen (secondary N) is 1. The third-order valence-corrected chi connectivity index (χ3v) is 6.81. The summed E-state index contributed by atoms with van der Waals surface area (Å²) in [5.41, 5.74) is 0. The maximum Gasteiger partial charge on any atom is 0.240 e. The van der Waals surface area contributed by atoms with Gasteiger partial charge in [-0.15, -0.1) is 0 Å². The maximum atomic E-state index is 12.5. The summed E-state index contributed by atoms with van der Waals surface area (Å²) in [6.45, 7) is 0. The normalized spacial score (nSPS) is 28.8. The molecule has 110 valence electrons. The number of rotatable bonds is 4. The minimum absolute atomic E-state index is 0.124. The van der Waals surface area contributed by atoms with E-state index in [1.165, 1.54) is 12.8 Å². The lowest BCUT2D eigenvalue weighted by Gasteiger charge is -2.22. The first-order chi connectivity index (χ1) is 9.49. The number of methoxy groups -OCH3 is 1. The maximum absolute atomic E-state index is 12.5. The highest BCUT2D eigenvalue weighted by Crippen LogP contribution is 2.44. The van der Waals surface area contributed by atoms with E-state index in [-0.39, 0.29) is 6.04 Å². The van der Waals surface area contributed by atoms with Crippen molar-refractivity contribution >= 4 is 32.6 Å². The molecule has 3 atom stereocenters. The van der Waals surface area contributed by atoms with Crippen molar-refractivity contribution in [3.05, 3.63) is 21.8 Å². The van der Waals surface area contributed by atoms with Gasteiger partial charge in [-0.3, -0.25) is 0 Å². The molecular weight excluding hydrogens is 389 g/mol. The van der Waals surface area contributed by atoms with Gasteiger partial charge < -0.3 is 4.74 Å².